The van der Waals surface area contributed by atoms with Crippen molar-refractivity contribution in [1.29, 1.82) is 0 Å². The zero-order valence-electron chi connectivity index (χ0n) is 12.0. The van der Waals surface area contributed by atoms with Gasteiger partial charge in [-0.05, 0) is 30.4 Å². The third-order valence-corrected chi connectivity index (χ3v) is 4.72. The first-order valence-corrected chi connectivity index (χ1v) is 7.79. The van der Waals surface area contributed by atoms with Crippen molar-refractivity contribution in [3.8, 4) is 0 Å². The van der Waals surface area contributed by atoms with Crippen LogP contribution in [0.5, 0.6) is 0 Å². The minimum Gasteiger partial charge on any atom is -0.364 e. The van der Waals surface area contributed by atoms with Gasteiger partial charge in [0.2, 0.25) is 0 Å². The molecule has 1 saturated carbocycles. The quantitative estimate of drug-likeness (QED) is 0.876. The van der Waals surface area contributed by atoms with E-state index in [1.807, 2.05) is 0 Å². The minimum absolute atomic E-state index is 0.113. The maximum atomic E-state index is 6.58. The number of morpholine rings is 1. The second-order valence-corrected chi connectivity index (χ2v) is 6.03. The van der Waals surface area contributed by atoms with Gasteiger partial charge in [-0.2, -0.15) is 0 Å². The van der Waals surface area contributed by atoms with E-state index < -0.39 is 0 Å². The fourth-order valence-corrected chi connectivity index (χ4v) is 3.65. The summed E-state index contributed by atoms with van der Waals surface area (Å²) < 4.78 is 6.58. The summed E-state index contributed by atoms with van der Waals surface area (Å²) in [5.74, 6) is 0. The van der Waals surface area contributed by atoms with Crippen molar-refractivity contribution in [2.75, 3.05) is 13.1 Å². The molecule has 1 N–H and O–H groups in total. The van der Waals surface area contributed by atoms with Gasteiger partial charge >= 0.3 is 0 Å². The van der Waals surface area contributed by atoms with E-state index in [1.165, 1.54) is 43.2 Å². The second-order valence-electron chi connectivity index (χ2n) is 6.03. The third-order valence-electron chi connectivity index (χ3n) is 4.72. The Morgan fingerprint density at radius 3 is 2.79 bits per heavy atom. The summed E-state index contributed by atoms with van der Waals surface area (Å²) in [5, 5.41) is 3.62. The Morgan fingerprint density at radius 2 is 2.00 bits per heavy atom. The van der Waals surface area contributed by atoms with Crippen LogP contribution in [0.25, 0.3) is 0 Å². The minimum atomic E-state index is 0.113. The number of benzene rings is 1. The topological polar surface area (TPSA) is 21.3 Å². The summed E-state index contributed by atoms with van der Waals surface area (Å²) in [6.45, 7) is 4.22. The first-order chi connectivity index (χ1) is 9.33. The largest absolute Gasteiger partial charge is 0.364 e. The Balaban J connectivity index is 1.81. The molecular formula is C17H25NO. The summed E-state index contributed by atoms with van der Waals surface area (Å²) in [4.78, 5) is 0. The van der Waals surface area contributed by atoms with Crippen LogP contribution in [0.2, 0.25) is 0 Å². The number of nitrogens with one attached hydrogen (secondary N) is 1. The normalized spacial score (nSPS) is 26.5. The molecule has 19 heavy (non-hydrogen) atoms. The average molecular weight is 259 g/mol. The highest BCUT2D eigenvalue weighted by atomic mass is 16.5. The van der Waals surface area contributed by atoms with Gasteiger partial charge in [0, 0.05) is 13.1 Å². The zero-order chi connectivity index (χ0) is 13.1. The molecule has 1 atom stereocenters. The van der Waals surface area contributed by atoms with E-state index in [0.717, 1.165) is 19.5 Å². The van der Waals surface area contributed by atoms with Crippen LogP contribution < -0.4 is 5.32 Å². The van der Waals surface area contributed by atoms with Crippen LogP contribution >= 0.6 is 0 Å². The van der Waals surface area contributed by atoms with E-state index in [-0.39, 0.29) is 11.7 Å². The maximum Gasteiger partial charge on any atom is 0.0960 e. The van der Waals surface area contributed by atoms with Crippen molar-refractivity contribution < 1.29 is 4.74 Å². The predicted molar refractivity (Wildman–Crippen MR) is 78.3 cm³/mol. The van der Waals surface area contributed by atoms with Crippen molar-refractivity contribution >= 4 is 0 Å². The molecule has 0 radical (unpaired) electrons. The van der Waals surface area contributed by atoms with Gasteiger partial charge in [-0.25, -0.2) is 0 Å². The van der Waals surface area contributed by atoms with Gasteiger partial charge in [0.05, 0.1) is 11.7 Å². The number of rotatable bonds is 2. The second kappa shape index (κ2) is 5.64. The van der Waals surface area contributed by atoms with Gasteiger partial charge < -0.3 is 10.1 Å². The Bertz CT molecular complexity index is 418. The number of hydrogen-bond donors (Lipinski definition) is 1. The molecule has 2 nitrogen and oxygen atoms in total. The number of hydrogen-bond acceptors (Lipinski definition) is 2. The van der Waals surface area contributed by atoms with Crippen molar-refractivity contribution in [3.63, 3.8) is 0 Å². The Labute approximate surface area is 116 Å². The highest BCUT2D eigenvalue weighted by molar-refractivity contribution is 5.30. The number of aryl methyl sites for hydroxylation is 1. The van der Waals surface area contributed by atoms with Gasteiger partial charge in [0.25, 0.3) is 0 Å². The Hall–Kier alpha value is -0.860. The van der Waals surface area contributed by atoms with Gasteiger partial charge in [-0.15, -0.1) is 0 Å². The lowest BCUT2D eigenvalue weighted by Crippen LogP contribution is -2.51. The molecule has 2 aliphatic rings. The third kappa shape index (κ3) is 2.70. The van der Waals surface area contributed by atoms with Crippen LogP contribution in [-0.2, 0) is 11.2 Å². The Kier molecular flexibility index (Phi) is 3.90. The van der Waals surface area contributed by atoms with E-state index in [9.17, 15) is 0 Å². The lowest BCUT2D eigenvalue weighted by Gasteiger charge is -2.44. The van der Waals surface area contributed by atoms with Crippen molar-refractivity contribution in [2.45, 2.75) is 57.2 Å². The molecule has 0 aromatic heterocycles. The first-order valence-electron chi connectivity index (χ1n) is 7.79. The molecular weight excluding hydrogens is 234 g/mol. The van der Waals surface area contributed by atoms with Gasteiger partial charge in [0.1, 0.15) is 0 Å². The lowest BCUT2D eigenvalue weighted by molar-refractivity contribution is -0.136. The van der Waals surface area contributed by atoms with Crippen LogP contribution in [0.1, 0.15) is 56.3 Å². The molecule has 3 rings (SSSR count). The van der Waals surface area contributed by atoms with Crippen LogP contribution in [-0.4, -0.2) is 18.7 Å². The van der Waals surface area contributed by atoms with Crippen molar-refractivity contribution in [1.82, 2.24) is 5.32 Å². The average Bonchev–Trinajstić information content (AvgIpc) is 2.48. The molecule has 1 saturated heterocycles. The number of ether oxygens (including phenoxy) is 1. The van der Waals surface area contributed by atoms with Crippen LogP contribution in [0.15, 0.2) is 24.3 Å². The molecule has 1 aliphatic heterocycles. The van der Waals surface area contributed by atoms with Gasteiger partial charge in [-0.3, -0.25) is 0 Å². The van der Waals surface area contributed by atoms with Crippen molar-refractivity contribution in [2.24, 2.45) is 0 Å². The molecule has 0 bridgehead atoms. The van der Waals surface area contributed by atoms with E-state index >= 15 is 0 Å². The molecule has 1 aromatic carbocycles. The monoisotopic (exact) mass is 259 g/mol. The molecule has 1 heterocycles. The summed E-state index contributed by atoms with van der Waals surface area (Å²) in [5.41, 5.74) is 2.94. The first kappa shape index (κ1) is 13.1. The van der Waals surface area contributed by atoms with Crippen molar-refractivity contribution in [3.05, 3.63) is 35.4 Å². The molecule has 1 spiro atoms. The maximum absolute atomic E-state index is 6.58. The summed E-state index contributed by atoms with van der Waals surface area (Å²) in [7, 11) is 0. The molecule has 0 amide bonds. The van der Waals surface area contributed by atoms with E-state index in [0.29, 0.717) is 0 Å². The molecule has 1 unspecified atom stereocenters. The van der Waals surface area contributed by atoms with Gasteiger partial charge in [0.15, 0.2) is 0 Å². The smallest absolute Gasteiger partial charge is 0.0960 e. The van der Waals surface area contributed by atoms with Crippen LogP contribution in [0, 0.1) is 0 Å². The summed E-state index contributed by atoms with van der Waals surface area (Å²) in [6.07, 6.45) is 7.80. The highest BCUT2D eigenvalue weighted by Gasteiger charge is 2.38. The van der Waals surface area contributed by atoms with Crippen LogP contribution in [0.3, 0.4) is 0 Å². The molecule has 1 aliphatic carbocycles. The SMILES string of the molecule is CCc1ccccc1C1CNCC2(CCCCC2)O1. The molecule has 2 fully saturated rings. The summed E-state index contributed by atoms with van der Waals surface area (Å²) in [6, 6.07) is 8.75. The molecule has 104 valence electrons. The standard InChI is InChI=1S/C17H25NO/c1-2-14-8-4-5-9-15(14)16-12-18-13-17(19-16)10-6-3-7-11-17/h4-5,8-9,16,18H,2-3,6-7,10-13H2,1H3. The predicted octanol–water partition coefficient (Wildman–Crippen LogP) is 3.61. The zero-order valence-corrected chi connectivity index (χ0v) is 12.0. The highest BCUT2D eigenvalue weighted by Crippen LogP contribution is 2.38. The molecule has 1 aromatic rings. The summed E-state index contributed by atoms with van der Waals surface area (Å²) >= 11 is 0. The Morgan fingerprint density at radius 1 is 1.21 bits per heavy atom. The van der Waals surface area contributed by atoms with E-state index in [2.05, 4.69) is 36.5 Å². The molecule has 2 heteroatoms. The van der Waals surface area contributed by atoms with Crippen LogP contribution in [0.4, 0.5) is 0 Å². The van der Waals surface area contributed by atoms with E-state index in [4.69, 9.17) is 4.74 Å². The fraction of sp³-hybridized carbons (Fsp3) is 0.647. The van der Waals surface area contributed by atoms with E-state index in [1.54, 1.807) is 0 Å². The lowest BCUT2D eigenvalue weighted by atomic mass is 9.83. The fourth-order valence-electron chi connectivity index (χ4n) is 3.65. The van der Waals surface area contributed by atoms with Gasteiger partial charge in [-0.1, -0.05) is 50.5 Å².